The van der Waals surface area contributed by atoms with Gasteiger partial charge in [-0.1, -0.05) is 6.07 Å². The first-order chi connectivity index (χ1) is 9.74. The van der Waals surface area contributed by atoms with Crippen molar-refractivity contribution < 1.29 is 9.90 Å². The van der Waals surface area contributed by atoms with Gasteiger partial charge in [-0.05, 0) is 29.1 Å². The molecule has 0 saturated heterocycles. The molecule has 0 aromatic carbocycles. The Hall–Kier alpha value is -2.47. The van der Waals surface area contributed by atoms with Crippen LogP contribution in [0.3, 0.4) is 0 Å². The van der Waals surface area contributed by atoms with Crippen LogP contribution >= 0.6 is 11.3 Å². The second kappa shape index (κ2) is 5.26. The molecule has 0 amide bonds. The monoisotopic (exact) mass is 285 g/mol. The lowest BCUT2D eigenvalue weighted by Crippen LogP contribution is -2.04. The van der Waals surface area contributed by atoms with Gasteiger partial charge in [-0.15, -0.1) is 11.3 Å². The molecule has 0 saturated carbocycles. The Balaban J connectivity index is 1.91. The predicted octanol–water partition coefficient (Wildman–Crippen LogP) is 2.75. The van der Waals surface area contributed by atoms with Crippen molar-refractivity contribution in [1.29, 1.82) is 0 Å². The number of carbonyl (C=O) groups is 1. The van der Waals surface area contributed by atoms with E-state index < -0.39 is 5.97 Å². The SMILES string of the molecule is O=C(O)c1cc(Cn2ccnc2-c2cccs2)ccn1. The summed E-state index contributed by atoms with van der Waals surface area (Å²) < 4.78 is 1.99. The summed E-state index contributed by atoms with van der Waals surface area (Å²) in [5.74, 6) is -0.135. The van der Waals surface area contributed by atoms with E-state index in [1.807, 2.05) is 34.3 Å². The lowest BCUT2D eigenvalue weighted by molar-refractivity contribution is 0.0690. The van der Waals surface area contributed by atoms with Gasteiger partial charge < -0.3 is 9.67 Å². The summed E-state index contributed by atoms with van der Waals surface area (Å²) in [6, 6.07) is 7.39. The zero-order chi connectivity index (χ0) is 13.9. The van der Waals surface area contributed by atoms with Crippen LogP contribution in [0.25, 0.3) is 10.7 Å². The second-order valence-electron chi connectivity index (χ2n) is 4.21. The number of hydrogen-bond donors (Lipinski definition) is 1. The number of carboxylic acids is 1. The van der Waals surface area contributed by atoms with Crippen molar-refractivity contribution in [1.82, 2.24) is 14.5 Å². The quantitative estimate of drug-likeness (QED) is 0.800. The molecule has 0 atom stereocenters. The maximum Gasteiger partial charge on any atom is 0.354 e. The number of nitrogens with zero attached hydrogens (tertiary/aromatic N) is 3. The van der Waals surface area contributed by atoms with Crippen LogP contribution in [0.5, 0.6) is 0 Å². The molecule has 3 heterocycles. The van der Waals surface area contributed by atoms with Gasteiger partial charge in [0.1, 0.15) is 11.5 Å². The van der Waals surface area contributed by atoms with E-state index in [9.17, 15) is 4.79 Å². The molecule has 0 aliphatic carbocycles. The highest BCUT2D eigenvalue weighted by molar-refractivity contribution is 7.13. The molecule has 20 heavy (non-hydrogen) atoms. The number of thiophene rings is 1. The average molecular weight is 285 g/mol. The first kappa shape index (κ1) is 12.6. The number of aromatic nitrogens is 3. The van der Waals surface area contributed by atoms with Gasteiger partial charge in [0, 0.05) is 25.1 Å². The van der Waals surface area contributed by atoms with Crippen molar-refractivity contribution >= 4 is 17.3 Å². The van der Waals surface area contributed by atoms with Crippen molar-refractivity contribution in [3.8, 4) is 10.7 Å². The Morgan fingerprint density at radius 1 is 1.30 bits per heavy atom. The predicted molar refractivity (Wildman–Crippen MR) is 75.8 cm³/mol. The zero-order valence-electron chi connectivity index (χ0n) is 10.4. The second-order valence-corrected chi connectivity index (χ2v) is 5.16. The molecule has 0 fully saturated rings. The molecular formula is C14H11N3O2S. The molecule has 0 spiro atoms. The maximum absolute atomic E-state index is 10.9. The van der Waals surface area contributed by atoms with E-state index in [1.165, 1.54) is 6.20 Å². The highest BCUT2D eigenvalue weighted by atomic mass is 32.1. The van der Waals surface area contributed by atoms with E-state index in [0.29, 0.717) is 6.54 Å². The van der Waals surface area contributed by atoms with Crippen LogP contribution in [0.2, 0.25) is 0 Å². The highest BCUT2D eigenvalue weighted by Gasteiger charge is 2.09. The highest BCUT2D eigenvalue weighted by Crippen LogP contribution is 2.23. The molecule has 3 aromatic heterocycles. The van der Waals surface area contributed by atoms with Gasteiger partial charge in [0.15, 0.2) is 0 Å². The van der Waals surface area contributed by atoms with E-state index in [0.717, 1.165) is 16.3 Å². The van der Waals surface area contributed by atoms with Crippen LogP contribution in [0.15, 0.2) is 48.2 Å². The minimum absolute atomic E-state index is 0.0558. The summed E-state index contributed by atoms with van der Waals surface area (Å²) in [4.78, 5) is 20.2. The smallest absolute Gasteiger partial charge is 0.354 e. The Morgan fingerprint density at radius 3 is 2.95 bits per heavy atom. The summed E-state index contributed by atoms with van der Waals surface area (Å²) in [6.45, 7) is 0.566. The fraction of sp³-hybridized carbons (Fsp3) is 0.0714. The van der Waals surface area contributed by atoms with E-state index in [4.69, 9.17) is 5.11 Å². The van der Waals surface area contributed by atoms with Crippen molar-refractivity contribution in [3.05, 3.63) is 59.5 Å². The van der Waals surface area contributed by atoms with Crippen LogP contribution in [0.1, 0.15) is 16.1 Å². The van der Waals surface area contributed by atoms with Crippen molar-refractivity contribution in [3.63, 3.8) is 0 Å². The number of pyridine rings is 1. The summed E-state index contributed by atoms with van der Waals surface area (Å²) in [6.07, 6.45) is 5.14. The van der Waals surface area contributed by atoms with Crippen molar-refractivity contribution in [2.75, 3.05) is 0 Å². The largest absolute Gasteiger partial charge is 0.477 e. The van der Waals surface area contributed by atoms with Gasteiger partial charge >= 0.3 is 5.97 Å². The van der Waals surface area contributed by atoms with Crippen LogP contribution in [-0.4, -0.2) is 25.6 Å². The molecule has 100 valence electrons. The molecule has 6 heteroatoms. The standard InChI is InChI=1S/C14H11N3O2S/c18-14(19)11-8-10(3-4-15-11)9-17-6-5-16-13(17)12-2-1-7-20-12/h1-8H,9H2,(H,18,19). The van der Waals surface area contributed by atoms with Crippen LogP contribution in [0.4, 0.5) is 0 Å². The summed E-state index contributed by atoms with van der Waals surface area (Å²) >= 11 is 1.62. The summed E-state index contributed by atoms with van der Waals surface area (Å²) in [7, 11) is 0. The fourth-order valence-electron chi connectivity index (χ4n) is 1.95. The number of imidazole rings is 1. The van der Waals surface area contributed by atoms with Gasteiger partial charge in [-0.2, -0.15) is 0 Å². The van der Waals surface area contributed by atoms with Gasteiger partial charge in [-0.3, -0.25) is 0 Å². The lowest BCUT2D eigenvalue weighted by Gasteiger charge is -2.07. The third-order valence-electron chi connectivity index (χ3n) is 2.85. The summed E-state index contributed by atoms with van der Waals surface area (Å²) in [5, 5.41) is 11.0. The third-order valence-corrected chi connectivity index (χ3v) is 3.72. The molecule has 0 bridgehead atoms. The molecular weight excluding hydrogens is 274 g/mol. The van der Waals surface area contributed by atoms with Gasteiger partial charge in [0.25, 0.3) is 0 Å². The van der Waals surface area contributed by atoms with Gasteiger partial charge in [0.2, 0.25) is 0 Å². The maximum atomic E-state index is 10.9. The number of carboxylic acid groups (broad SMARTS) is 1. The molecule has 3 aromatic rings. The number of rotatable bonds is 4. The molecule has 3 rings (SSSR count). The third kappa shape index (κ3) is 2.46. The minimum atomic E-state index is -1.02. The number of aromatic carboxylic acids is 1. The minimum Gasteiger partial charge on any atom is -0.477 e. The molecule has 0 unspecified atom stereocenters. The summed E-state index contributed by atoms with van der Waals surface area (Å²) in [5.41, 5.74) is 0.938. The molecule has 5 nitrogen and oxygen atoms in total. The van der Waals surface area contributed by atoms with Crippen molar-refractivity contribution in [2.24, 2.45) is 0 Å². The average Bonchev–Trinajstić information content (AvgIpc) is 3.09. The topological polar surface area (TPSA) is 68.0 Å². The van der Waals surface area contributed by atoms with Crippen LogP contribution < -0.4 is 0 Å². The lowest BCUT2D eigenvalue weighted by atomic mass is 10.2. The van der Waals surface area contributed by atoms with Crippen LogP contribution in [-0.2, 0) is 6.54 Å². The zero-order valence-corrected chi connectivity index (χ0v) is 11.2. The first-order valence-corrected chi connectivity index (χ1v) is 6.85. The van der Waals surface area contributed by atoms with E-state index >= 15 is 0 Å². The molecule has 1 N–H and O–H groups in total. The van der Waals surface area contributed by atoms with Crippen LogP contribution in [0, 0.1) is 0 Å². The Kier molecular flexibility index (Phi) is 3.30. The van der Waals surface area contributed by atoms with Gasteiger partial charge in [0.05, 0.1) is 4.88 Å². The number of hydrogen-bond acceptors (Lipinski definition) is 4. The Bertz CT molecular complexity index is 734. The van der Waals surface area contributed by atoms with E-state index in [1.54, 1.807) is 23.6 Å². The Labute approximate surface area is 119 Å². The fourth-order valence-corrected chi connectivity index (χ4v) is 2.69. The molecule has 0 aliphatic rings. The normalized spacial score (nSPS) is 10.6. The van der Waals surface area contributed by atoms with E-state index in [2.05, 4.69) is 9.97 Å². The van der Waals surface area contributed by atoms with Gasteiger partial charge in [-0.25, -0.2) is 14.8 Å². The van der Waals surface area contributed by atoms with Crippen molar-refractivity contribution in [2.45, 2.75) is 6.54 Å². The first-order valence-electron chi connectivity index (χ1n) is 5.97. The molecule has 0 aliphatic heterocycles. The Morgan fingerprint density at radius 2 is 2.20 bits per heavy atom. The van der Waals surface area contributed by atoms with E-state index in [-0.39, 0.29) is 5.69 Å². The molecule has 0 radical (unpaired) electrons.